The summed E-state index contributed by atoms with van der Waals surface area (Å²) in [5.74, 6) is 0. The lowest BCUT2D eigenvalue weighted by molar-refractivity contribution is 0.645. The van der Waals surface area contributed by atoms with E-state index in [0.29, 0.717) is 6.04 Å². The van der Waals surface area contributed by atoms with Crippen LogP contribution in [0.25, 0.3) is 0 Å². The van der Waals surface area contributed by atoms with Crippen molar-refractivity contribution in [2.24, 2.45) is 0 Å². The number of hydrogen-bond donors (Lipinski definition) is 1. The number of benzene rings is 1. The molecule has 1 saturated heterocycles. The Balaban J connectivity index is 0.000000845. The van der Waals surface area contributed by atoms with Gasteiger partial charge >= 0.3 is 0 Å². The summed E-state index contributed by atoms with van der Waals surface area (Å²) >= 11 is 3.57. The van der Waals surface area contributed by atoms with Crippen molar-refractivity contribution in [3.8, 4) is 0 Å². The molecule has 1 aliphatic rings. The Bertz CT molecular complexity index is 271. The average molecular weight is 263 g/mol. The lowest BCUT2D eigenvalue weighted by Gasteiger charge is -2.11. The molecule has 13 heavy (non-hydrogen) atoms. The molecule has 0 aromatic heterocycles. The first kappa shape index (κ1) is 11.0. The smallest absolute Gasteiger partial charge is 0.0331 e. The molecule has 1 aromatic carbocycles. The van der Waals surface area contributed by atoms with E-state index in [-0.39, 0.29) is 12.4 Å². The standard InChI is InChI=1S/C10H12BrN.ClH/c11-9-5-2-1-4-8(9)10-6-3-7-12-10;/h1-2,4-5,10,12H,3,6-7H2;1H/t10-;/m0./s1. The predicted octanol–water partition coefficient (Wildman–Crippen LogP) is 3.30. The molecule has 3 heteroatoms. The maximum atomic E-state index is 3.57. The first-order valence-electron chi connectivity index (χ1n) is 4.36. The molecule has 0 bridgehead atoms. The van der Waals surface area contributed by atoms with Gasteiger partial charge in [0.25, 0.3) is 0 Å². The van der Waals surface area contributed by atoms with Gasteiger partial charge in [-0.3, -0.25) is 0 Å². The van der Waals surface area contributed by atoms with Crippen LogP contribution in [0.15, 0.2) is 28.7 Å². The van der Waals surface area contributed by atoms with Crippen molar-refractivity contribution in [2.75, 3.05) is 6.54 Å². The summed E-state index contributed by atoms with van der Waals surface area (Å²) in [5, 5.41) is 3.48. The van der Waals surface area contributed by atoms with Gasteiger partial charge in [-0.1, -0.05) is 34.1 Å². The van der Waals surface area contributed by atoms with Crippen LogP contribution in [0.5, 0.6) is 0 Å². The fraction of sp³-hybridized carbons (Fsp3) is 0.400. The van der Waals surface area contributed by atoms with Crippen molar-refractivity contribution in [1.82, 2.24) is 5.32 Å². The van der Waals surface area contributed by atoms with Crippen LogP contribution in [0.2, 0.25) is 0 Å². The molecular formula is C10H13BrClN. The van der Waals surface area contributed by atoms with Gasteiger partial charge in [0.05, 0.1) is 0 Å². The van der Waals surface area contributed by atoms with Gasteiger partial charge in [-0.25, -0.2) is 0 Å². The minimum Gasteiger partial charge on any atom is -0.310 e. The van der Waals surface area contributed by atoms with E-state index in [0.717, 1.165) is 6.54 Å². The second kappa shape index (κ2) is 4.99. The molecule has 0 aliphatic carbocycles. The minimum absolute atomic E-state index is 0. The van der Waals surface area contributed by atoms with E-state index in [4.69, 9.17) is 0 Å². The van der Waals surface area contributed by atoms with E-state index in [1.807, 2.05) is 0 Å². The minimum atomic E-state index is 0. The van der Waals surface area contributed by atoms with Crippen molar-refractivity contribution in [3.63, 3.8) is 0 Å². The van der Waals surface area contributed by atoms with E-state index in [1.54, 1.807) is 0 Å². The molecule has 1 N–H and O–H groups in total. The van der Waals surface area contributed by atoms with Crippen molar-refractivity contribution in [1.29, 1.82) is 0 Å². The largest absolute Gasteiger partial charge is 0.310 e. The Hall–Kier alpha value is -0.0500. The summed E-state index contributed by atoms with van der Waals surface area (Å²) in [6.07, 6.45) is 2.56. The number of rotatable bonds is 1. The van der Waals surface area contributed by atoms with Gasteiger partial charge in [0.2, 0.25) is 0 Å². The van der Waals surface area contributed by atoms with E-state index in [1.165, 1.54) is 22.9 Å². The fourth-order valence-electron chi connectivity index (χ4n) is 1.71. The molecule has 1 atom stereocenters. The van der Waals surface area contributed by atoms with Crippen LogP contribution < -0.4 is 5.32 Å². The first-order valence-corrected chi connectivity index (χ1v) is 5.15. The van der Waals surface area contributed by atoms with Gasteiger partial charge in [-0.15, -0.1) is 12.4 Å². The Morgan fingerprint density at radius 1 is 1.31 bits per heavy atom. The van der Waals surface area contributed by atoms with Gasteiger partial charge < -0.3 is 5.32 Å². The van der Waals surface area contributed by atoms with E-state index < -0.39 is 0 Å². The number of hydrogen-bond acceptors (Lipinski definition) is 1. The highest BCUT2D eigenvalue weighted by molar-refractivity contribution is 9.10. The number of nitrogens with one attached hydrogen (secondary N) is 1. The summed E-state index contributed by atoms with van der Waals surface area (Å²) in [6.45, 7) is 1.16. The molecule has 0 unspecified atom stereocenters. The van der Waals surface area contributed by atoms with Crippen LogP contribution in [0.4, 0.5) is 0 Å². The molecule has 0 saturated carbocycles. The maximum Gasteiger partial charge on any atom is 0.0331 e. The molecule has 2 rings (SSSR count). The van der Waals surface area contributed by atoms with E-state index in [9.17, 15) is 0 Å². The van der Waals surface area contributed by atoms with Crippen molar-refractivity contribution < 1.29 is 0 Å². The molecule has 0 amide bonds. The van der Waals surface area contributed by atoms with Crippen molar-refractivity contribution >= 4 is 28.3 Å². The second-order valence-electron chi connectivity index (χ2n) is 3.17. The molecule has 72 valence electrons. The molecule has 1 fully saturated rings. The van der Waals surface area contributed by atoms with Crippen LogP contribution in [0, 0.1) is 0 Å². The summed E-state index contributed by atoms with van der Waals surface area (Å²) in [6, 6.07) is 9.02. The molecule has 1 heterocycles. The van der Waals surface area contributed by atoms with Gasteiger partial charge in [-0.05, 0) is 31.0 Å². The van der Waals surface area contributed by atoms with Crippen molar-refractivity contribution in [3.05, 3.63) is 34.3 Å². The predicted molar refractivity (Wildman–Crippen MR) is 61.4 cm³/mol. The molecule has 1 aliphatic heterocycles. The normalized spacial score (nSPS) is 21.2. The first-order chi connectivity index (χ1) is 5.88. The van der Waals surface area contributed by atoms with Crippen molar-refractivity contribution in [2.45, 2.75) is 18.9 Å². The second-order valence-corrected chi connectivity index (χ2v) is 4.02. The Morgan fingerprint density at radius 3 is 2.69 bits per heavy atom. The van der Waals surface area contributed by atoms with Crippen LogP contribution in [-0.2, 0) is 0 Å². The average Bonchev–Trinajstić information content (AvgIpc) is 2.57. The maximum absolute atomic E-state index is 3.57. The molecule has 0 spiro atoms. The highest BCUT2D eigenvalue weighted by atomic mass is 79.9. The third-order valence-corrected chi connectivity index (χ3v) is 3.06. The lowest BCUT2D eigenvalue weighted by Crippen LogP contribution is -2.13. The molecule has 1 nitrogen and oxygen atoms in total. The van der Waals surface area contributed by atoms with E-state index >= 15 is 0 Å². The summed E-state index contributed by atoms with van der Waals surface area (Å²) in [4.78, 5) is 0. The lowest BCUT2D eigenvalue weighted by atomic mass is 10.1. The van der Waals surface area contributed by atoms with Gasteiger partial charge in [-0.2, -0.15) is 0 Å². The van der Waals surface area contributed by atoms with Crippen LogP contribution in [-0.4, -0.2) is 6.54 Å². The zero-order valence-electron chi connectivity index (χ0n) is 7.29. The highest BCUT2D eigenvalue weighted by Gasteiger charge is 2.17. The van der Waals surface area contributed by atoms with Crippen LogP contribution >= 0.6 is 28.3 Å². The van der Waals surface area contributed by atoms with Gasteiger partial charge in [0, 0.05) is 10.5 Å². The van der Waals surface area contributed by atoms with Gasteiger partial charge in [0.1, 0.15) is 0 Å². The summed E-state index contributed by atoms with van der Waals surface area (Å²) in [7, 11) is 0. The highest BCUT2D eigenvalue weighted by Crippen LogP contribution is 2.28. The molecule has 1 aromatic rings. The zero-order valence-corrected chi connectivity index (χ0v) is 9.70. The fourth-order valence-corrected chi connectivity index (χ4v) is 2.27. The third-order valence-electron chi connectivity index (χ3n) is 2.34. The zero-order chi connectivity index (χ0) is 8.39. The molecular weight excluding hydrogens is 249 g/mol. The number of halogens is 2. The third kappa shape index (κ3) is 2.46. The SMILES string of the molecule is Brc1ccccc1[C@@H]1CCCN1.Cl. The molecule has 0 radical (unpaired) electrons. The topological polar surface area (TPSA) is 12.0 Å². The summed E-state index contributed by atoms with van der Waals surface area (Å²) < 4.78 is 1.23. The van der Waals surface area contributed by atoms with Crippen LogP contribution in [0.1, 0.15) is 24.4 Å². The Labute approximate surface area is 93.5 Å². The van der Waals surface area contributed by atoms with Gasteiger partial charge in [0.15, 0.2) is 0 Å². The van der Waals surface area contributed by atoms with E-state index in [2.05, 4.69) is 45.5 Å². The Kier molecular flexibility index (Phi) is 4.23. The Morgan fingerprint density at radius 2 is 2.08 bits per heavy atom. The quantitative estimate of drug-likeness (QED) is 0.819. The monoisotopic (exact) mass is 261 g/mol. The summed E-state index contributed by atoms with van der Waals surface area (Å²) in [5.41, 5.74) is 1.40. The van der Waals surface area contributed by atoms with Crippen LogP contribution in [0.3, 0.4) is 0 Å².